The third-order valence-corrected chi connectivity index (χ3v) is 8.83. The van der Waals surface area contributed by atoms with E-state index in [9.17, 15) is 9.59 Å². The predicted octanol–water partition coefficient (Wildman–Crippen LogP) is 6.37. The molecule has 2 heterocycles. The second kappa shape index (κ2) is 13.1. The van der Waals surface area contributed by atoms with Gasteiger partial charge in [0.25, 0.3) is 5.54 Å². The van der Waals surface area contributed by atoms with Gasteiger partial charge in [0.05, 0.1) is 17.6 Å². The molecule has 0 aromatic carbocycles. The first-order valence-corrected chi connectivity index (χ1v) is 14.7. The Morgan fingerprint density at radius 1 is 1.00 bits per heavy atom. The molecule has 220 valence electrons. The van der Waals surface area contributed by atoms with Gasteiger partial charge in [-0.15, -0.1) is 11.6 Å². The monoisotopic (exact) mass is 607 g/mol. The Morgan fingerprint density at radius 3 is 2.00 bits per heavy atom. The van der Waals surface area contributed by atoms with Crippen molar-refractivity contribution in [1.29, 1.82) is 0 Å². The van der Waals surface area contributed by atoms with E-state index in [1.807, 2.05) is 20.8 Å². The molecule has 4 rings (SSSR count). The van der Waals surface area contributed by atoms with E-state index in [0.717, 1.165) is 12.0 Å². The number of fused-ring (bicyclic) bond motifs is 5. The fraction of sp³-hybridized carbons (Fsp3) is 0.750. The molecule has 0 unspecified atom stereocenters. The molecule has 8 nitrogen and oxygen atoms in total. The Kier molecular flexibility index (Phi) is 11.4. The van der Waals surface area contributed by atoms with Crippen LogP contribution in [0.4, 0.5) is 0 Å². The summed E-state index contributed by atoms with van der Waals surface area (Å²) in [6, 6.07) is 0. The molecule has 0 aromatic rings. The van der Waals surface area contributed by atoms with Crippen LogP contribution in [-0.2, 0) is 33.3 Å². The van der Waals surface area contributed by atoms with Crippen LogP contribution in [0.2, 0.25) is 0 Å². The summed E-state index contributed by atoms with van der Waals surface area (Å²) >= 11 is 16.5. The summed E-state index contributed by atoms with van der Waals surface area (Å²) in [6.07, 6.45) is 1.59. The van der Waals surface area contributed by atoms with Gasteiger partial charge in [-0.2, -0.15) is 0 Å². The molecule has 39 heavy (non-hydrogen) atoms. The Morgan fingerprint density at radius 2 is 1.56 bits per heavy atom. The SMILES string of the molecule is CC[C@]12/C(=C\Cl)[C@H](O[C@@H]1C)[C@@H]1OC(C)(C)O[C@@H]12.CCl.[C-]#[N+][C@]1(CC)/C(=C\Cl)[C@H](OC(C)=O)[C@H](OC(C)=O)[C@@H]1C. The molecule has 9 atom stereocenters. The van der Waals surface area contributed by atoms with Crippen LogP contribution in [0.3, 0.4) is 0 Å². The molecule has 0 radical (unpaired) electrons. The van der Waals surface area contributed by atoms with E-state index in [2.05, 4.69) is 30.3 Å². The van der Waals surface area contributed by atoms with E-state index in [0.29, 0.717) is 12.0 Å². The fourth-order valence-electron chi connectivity index (χ4n) is 6.64. The van der Waals surface area contributed by atoms with E-state index < -0.39 is 35.5 Å². The van der Waals surface area contributed by atoms with Crippen molar-refractivity contribution in [3.8, 4) is 0 Å². The molecule has 0 N–H and O–H groups in total. The molecular weight excluding hydrogens is 569 g/mol. The van der Waals surface area contributed by atoms with Gasteiger partial charge in [-0.25, -0.2) is 6.57 Å². The Bertz CT molecular complexity index is 1030. The highest BCUT2D eigenvalue weighted by atomic mass is 35.5. The van der Waals surface area contributed by atoms with Crippen molar-refractivity contribution in [2.24, 2.45) is 11.3 Å². The van der Waals surface area contributed by atoms with Crippen LogP contribution in [0, 0.1) is 17.9 Å². The molecule has 4 aliphatic rings. The van der Waals surface area contributed by atoms with Crippen LogP contribution >= 0.6 is 34.8 Å². The molecule has 0 spiro atoms. The van der Waals surface area contributed by atoms with Gasteiger partial charge in [-0.1, -0.05) is 44.0 Å². The van der Waals surface area contributed by atoms with Gasteiger partial charge in [0.15, 0.2) is 18.0 Å². The lowest BCUT2D eigenvalue weighted by Gasteiger charge is -2.37. The van der Waals surface area contributed by atoms with Crippen LogP contribution in [0.25, 0.3) is 4.85 Å². The number of halogens is 3. The Hall–Kier alpha value is -1.34. The first-order chi connectivity index (χ1) is 18.3. The first-order valence-electron chi connectivity index (χ1n) is 13.0. The number of carbonyl (C=O) groups excluding carboxylic acids is 2. The lowest BCUT2D eigenvalue weighted by atomic mass is 9.75. The zero-order valence-corrected chi connectivity index (χ0v) is 26.3. The number of hydrogen-bond donors (Lipinski definition) is 0. The molecule has 0 aromatic heterocycles. The number of ether oxygens (including phenoxy) is 5. The predicted molar refractivity (Wildman–Crippen MR) is 150 cm³/mol. The zero-order chi connectivity index (χ0) is 29.9. The van der Waals surface area contributed by atoms with E-state index in [1.54, 1.807) is 12.5 Å². The Labute approximate surface area is 247 Å². The minimum atomic E-state index is -0.915. The van der Waals surface area contributed by atoms with E-state index >= 15 is 0 Å². The molecule has 4 fully saturated rings. The number of nitrogens with zero attached hydrogens (tertiary/aromatic N) is 1. The van der Waals surface area contributed by atoms with Crippen molar-refractivity contribution >= 4 is 46.7 Å². The van der Waals surface area contributed by atoms with Crippen molar-refractivity contribution in [2.75, 3.05) is 6.38 Å². The third kappa shape index (κ3) is 5.73. The van der Waals surface area contributed by atoms with Gasteiger partial charge in [-0.3, -0.25) is 9.59 Å². The first kappa shape index (κ1) is 33.9. The maximum absolute atomic E-state index is 11.3. The number of rotatable bonds is 4. The molecule has 2 saturated carbocycles. The third-order valence-electron chi connectivity index (χ3n) is 8.36. The second-order valence-electron chi connectivity index (χ2n) is 10.5. The number of alkyl halides is 1. The Balaban J connectivity index is 0.000000259. The van der Waals surface area contributed by atoms with Crippen molar-refractivity contribution in [3.05, 3.63) is 33.6 Å². The molecule has 2 aliphatic carbocycles. The maximum Gasteiger partial charge on any atom is 0.303 e. The lowest BCUT2D eigenvalue weighted by Crippen LogP contribution is -2.47. The van der Waals surface area contributed by atoms with Crippen LogP contribution in [0.1, 0.15) is 68.2 Å². The fourth-order valence-corrected chi connectivity index (χ4v) is 7.28. The minimum Gasteiger partial charge on any atom is -0.458 e. The summed E-state index contributed by atoms with van der Waals surface area (Å²) in [5.74, 6) is -1.82. The van der Waals surface area contributed by atoms with E-state index in [4.69, 9.17) is 53.5 Å². The van der Waals surface area contributed by atoms with Crippen LogP contribution < -0.4 is 0 Å². The number of hydrogen-bond acceptors (Lipinski definition) is 7. The van der Waals surface area contributed by atoms with Gasteiger partial charge in [0, 0.05) is 43.1 Å². The van der Waals surface area contributed by atoms with Gasteiger partial charge in [0.1, 0.15) is 18.3 Å². The average Bonchev–Trinajstić information content (AvgIpc) is 3.51. The quantitative estimate of drug-likeness (QED) is 0.208. The van der Waals surface area contributed by atoms with Crippen molar-refractivity contribution in [2.45, 2.75) is 116 Å². The molecule has 0 amide bonds. The summed E-state index contributed by atoms with van der Waals surface area (Å²) < 4.78 is 28.6. The minimum absolute atomic E-state index is 0.00819. The molecule has 2 saturated heterocycles. The van der Waals surface area contributed by atoms with Crippen molar-refractivity contribution < 1.29 is 33.3 Å². The van der Waals surface area contributed by atoms with E-state index in [-0.39, 0.29) is 35.7 Å². The van der Waals surface area contributed by atoms with Crippen molar-refractivity contribution in [3.63, 3.8) is 0 Å². The highest BCUT2D eigenvalue weighted by molar-refractivity contribution is 6.26. The zero-order valence-electron chi connectivity index (χ0n) is 24.0. The number of esters is 2. The van der Waals surface area contributed by atoms with Crippen LogP contribution in [0.5, 0.6) is 0 Å². The highest BCUT2D eigenvalue weighted by Gasteiger charge is 2.70. The standard InChI is InChI=1S/C14H18ClNO4.C13H19ClO3.CH3Cl/c1-6-14(16-5)8(2)12(19-9(3)17)13(11(14)7-15)20-10(4)18;1-5-13-7(2)15-9(8(13)6-14)10-11(13)17-12(3,4)16-10;1-2/h7-8,12-13H,6H2,1-4H3;6-7,9-11H,5H2,1-4H3;1H3/b11-7-;8-6-;/t8-,12+,13-,14-;7-,9+,10+,11+,13-;/m01./s1. The van der Waals surface area contributed by atoms with Gasteiger partial charge < -0.3 is 28.5 Å². The van der Waals surface area contributed by atoms with Crippen LogP contribution in [0.15, 0.2) is 22.2 Å². The lowest BCUT2D eigenvalue weighted by molar-refractivity contribution is -0.162. The summed E-state index contributed by atoms with van der Waals surface area (Å²) in [5.41, 5.74) is 3.57. The van der Waals surface area contributed by atoms with Gasteiger partial charge in [0.2, 0.25) is 0 Å². The molecule has 11 heteroatoms. The smallest absolute Gasteiger partial charge is 0.303 e. The summed E-state index contributed by atoms with van der Waals surface area (Å²) in [6.45, 7) is 21.9. The summed E-state index contributed by atoms with van der Waals surface area (Å²) in [4.78, 5) is 26.2. The van der Waals surface area contributed by atoms with Gasteiger partial charge in [-0.05, 0) is 32.8 Å². The highest BCUT2D eigenvalue weighted by Crippen LogP contribution is 2.62. The number of carbonyl (C=O) groups is 2. The summed E-state index contributed by atoms with van der Waals surface area (Å²) in [7, 11) is 0. The normalized spacial score (nSPS) is 41.2. The largest absolute Gasteiger partial charge is 0.458 e. The van der Waals surface area contributed by atoms with E-state index in [1.165, 1.54) is 25.8 Å². The van der Waals surface area contributed by atoms with Gasteiger partial charge >= 0.3 is 11.9 Å². The molecule has 2 bridgehead atoms. The average molecular weight is 609 g/mol. The van der Waals surface area contributed by atoms with Crippen LogP contribution in [-0.4, -0.2) is 66.3 Å². The second-order valence-corrected chi connectivity index (χ2v) is 11.0. The van der Waals surface area contributed by atoms with Crippen molar-refractivity contribution in [1.82, 2.24) is 0 Å². The summed E-state index contributed by atoms with van der Waals surface area (Å²) in [5, 5.41) is 0. The maximum atomic E-state index is 11.3. The topological polar surface area (TPSA) is 84.7 Å². The molecular formula is C28H40Cl3NO7. The molecule has 2 aliphatic heterocycles.